The average molecular weight is 568 g/mol. The molecule has 4 rings (SSSR count). The van der Waals surface area contributed by atoms with Crippen molar-refractivity contribution < 1.29 is 23.9 Å². The maximum absolute atomic E-state index is 13.0. The van der Waals surface area contributed by atoms with E-state index in [-0.39, 0.29) is 17.3 Å². The van der Waals surface area contributed by atoms with E-state index in [0.29, 0.717) is 34.4 Å². The minimum atomic E-state index is -0.691. The molecule has 0 unspecified atom stereocenters. The van der Waals surface area contributed by atoms with Gasteiger partial charge in [-0.2, -0.15) is 0 Å². The van der Waals surface area contributed by atoms with Crippen molar-refractivity contribution in [2.45, 2.75) is 26.9 Å². The third-order valence-electron chi connectivity index (χ3n) is 5.88. The summed E-state index contributed by atoms with van der Waals surface area (Å²) in [7, 11) is 0. The van der Waals surface area contributed by atoms with E-state index in [1.165, 1.54) is 6.08 Å². The molecule has 0 bridgehead atoms. The molecular weight excluding hydrogens is 541 g/mol. The lowest BCUT2D eigenvalue weighted by atomic mass is 10.1. The molecule has 1 saturated heterocycles. The molecule has 1 heterocycles. The number of carbonyl (C=O) groups is 3. The van der Waals surface area contributed by atoms with Gasteiger partial charge in [0.2, 0.25) is 5.91 Å². The van der Waals surface area contributed by atoms with Crippen molar-refractivity contribution in [2.24, 2.45) is 0 Å². The molecule has 0 aromatic heterocycles. The molecular formula is C29H27Cl2N3O5. The summed E-state index contributed by atoms with van der Waals surface area (Å²) in [5.74, 6) is -0.378. The van der Waals surface area contributed by atoms with Gasteiger partial charge in [-0.05, 0) is 66.4 Å². The van der Waals surface area contributed by atoms with Crippen LogP contribution in [0.25, 0.3) is 6.08 Å². The van der Waals surface area contributed by atoms with Crippen LogP contribution in [-0.2, 0) is 22.6 Å². The number of halogens is 2. The van der Waals surface area contributed by atoms with Gasteiger partial charge in [0.1, 0.15) is 18.8 Å². The fourth-order valence-corrected chi connectivity index (χ4v) is 4.38. The summed E-state index contributed by atoms with van der Waals surface area (Å²) >= 11 is 12.5. The van der Waals surface area contributed by atoms with Gasteiger partial charge in [-0.1, -0.05) is 60.5 Å². The fourth-order valence-electron chi connectivity index (χ4n) is 3.98. The zero-order valence-corrected chi connectivity index (χ0v) is 22.9. The van der Waals surface area contributed by atoms with E-state index in [1.54, 1.807) is 36.4 Å². The Bertz CT molecular complexity index is 1420. The Morgan fingerprint density at radius 2 is 1.77 bits per heavy atom. The maximum atomic E-state index is 13.0. The van der Waals surface area contributed by atoms with Gasteiger partial charge < -0.3 is 20.1 Å². The number of nitrogens with one attached hydrogen (secondary N) is 2. The number of para-hydroxylation sites is 1. The molecule has 10 heteroatoms. The monoisotopic (exact) mass is 567 g/mol. The van der Waals surface area contributed by atoms with Crippen LogP contribution < -0.4 is 20.1 Å². The Kier molecular flexibility index (Phi) is 9.11. The molecule has 0 saturated carbocycles. The predicted octanol–water partition coefficient (Wildman–Crippen LogP) is 6.06. The van der Waals surface area contributed by atoms with Gasteiger partial charge in [-0.3, -0.25) is 9.59 Å². The number of nitrogens with zero attached hydrogens (tertiary/aromatic N) is 1. The normalized spacial score (nSPS) is 13.9. The summed E-state index contributed by atoms with van der Waals surface area (Å²) in [6, 6.07) is 17.2. The van der Waals surface area contributed by atoms with Crippen LogP contribution in [0.15, 0.2) is 66.4 Å². The van der Waals surface area contributed by atoms with E-state index in [4.69, 9.17) is 32.7 Å². The number of hydrogen-bond acceptors (Lipinski definition) is 5. The van der Waals surface area contributed by atoms with E-state index in [0.717, 1.165) is 22.4 Å². The van der Waals surface area contributed by atoms with Crippen molar-refractivity contribution in [1.82, 2.24) is 10.2 Å². The Hall–Kier alpha value is -4.01. The van der Waals surface area contributed by atoms with Gasteiger partial charge in [0.05, 0.1) is 11.6 Å². The predicted molar refractivity (Wildman–Crippen MR) is 151 cm³/mol. The second kappa shape index (κ2) is 12.7. The Labute approximate surface area is 236 Å². The zero-order valence-electron chi connectivity index (χ0n) is 21.4. The van der Waals surface area contributed by atoms with E-state index < -0.39 is 24.4 Å². The average Bonchev–Trinajstić information content (AvgIpc) is 3.16. The van der Waals surface area contributed by atoms with Gasteiger partial charge >= 0.3 is 6.03 Å². The SMILES string of the molecule is CCOc1cc(/C=C2/NC(=O)N(CC(=O)Nc3ccccc3CC)C2=O)cc(Cl)c1OCc1ccc(Cl)cc1. The molecule has 1 aliphatic rings. The highest BCUT2D eigenvalue weighted by Crippen LogP contribution is 2.38. The summed E-state index contributed by atoms with van der Waals surface area (Å²) in [6.45, 7) is 3.97. The number of rotatable bonds is 10. The van der Waals surface area contributed by atoms with Gasteiger partial charge in [0, 0.05) is 10.7 Å². The molecule has 0 aliphatic carbocycles. The van der Waals surface area contributed by atoms with Crippen LogP contribution in [0, 0.1) is 0 Å². The zero-order chi connectivity index (χ0) is 27.9. The Balaban J connectivity index is 1.49. The number of carbonyl (C=O) groups excluding carboxylic acids is 3. The van der Waals surface area contributed by atoms with Crippen molar-refractivity contribution in [1.29, 1.82) is 0 Å². The number of imide groups is 1. The molecule has 8 nitrogen and oxygen atoms in total. The summed E-state index contributed by atoms with van der Waals surface area (Å²) in [6.07, 6.45) is 2.20. The fraction of sp³-hybridized carbons (Fsp3) is 0.207. The highest BCUT2D eigenvalue weighted by molar-refractivity contribution is 6.32. The van der Waals surface area contributed by atoms with Gasteiger partial charge in [-0.15, -0.1) is 0 Å². The molecule has 39 heavy (non-hydrogen) atoms. The molecule has 4 amide bonds. The number of anilines is 1. The quantitative estimate of drug-likeness (QED) is 0.229. The van der Waals surface area contributed by atoms with Crippen LogP contribution in [-0.4, -0.2) is 35.9 Å². The highest BCUT2D eigenvalue weighted by atomic mass is 35.5. The lowest BCUT2D eigenvalue weighted by Gasteiger charge is -2.15. The smallest absolute Gasteiger partial charge is 0.329 e. The number of hydrogen-bond donors (Lipinski definition) is 2. The van der Waals surface area contributed by atoms with Crippen molar-refractivity contribution in [3.8, 4) is 11.5 Å². The third kappa shape index (κ3) is 6.90. The molecule has 202 valence electrons. The lowest BCUT2D eigenvalue weighted by molar-refractivity contribution is -0.127. The van der Waals surface area contributed by atoms with Gasteiger partial charge in [0.25, 0.3) is 5.91 Å². The first kappa shape index (κ1) is 28.0. The van der Waals surface area contributed by atoms with Crippen molar-refractivity contribution in [3.05, 3.63) is 93.1 Å². The second-order valence-corrected chi connectivity index (χ2v) is 9.46. The molecule has 3 aromatic rings. The molecule has 1 aliphatic heterocycles. The summed E-state index contributed by atoms with van der Waals surface area (Å²) in [5, 5.41) is 6.18. The van der Waals surface area contributed by atoms with E-state index in [1.807, 2.05) is 38.1 Å². The number of amides is 4. The Morgan fingerprint density at radius 1 is 1.03 bits per heavy atom. The van der Waals surface area contributed by atoms with Crippen LogP contribution in [0.4, 0.5) is 10.5 Å². The van der Waals surface area contributed by atoms with Crippen LogP contribution in [0.2, 0.25) is 10.0 Å². The number of ether oxygens (including phenoxy) is 2. The lowest BCUT2D eigenvalue weighted by Crippen LogP contribution is -2.38. The highest BCUT2D eigenvalue weighted by Gasteiger charge is 2.35. The summed E-state index contributed by atoms with van der Waals surface area (Å²) in [5.41, 5.74) is 3.01. The Morgan fingerprint density at radius 3 is 2.49 bits per heavy atom. The van der Waals surface area contributed by atoms with Crippen LogP contribution in [0.3, 0.4) is 0 Å². The van der Waals surface area contributed by atoms with Crippen LogP contribution in [0.1, 0.15) is 30.5 Å². The van der Waals surface area contributed by atoms with Crippen molar-refractivity contribution in [2.75, 3.05) is 18.5 Å². The molecule has 0 radical (unpaired) electrons. The second-order valence-electron chi connectivity index (χ2n) is 8.62. The topological polar surface area (TPSA) is 97.0 Å². The van der Waals surface area contributed by atoms with Crippen LogP contribution in [0.5, 0.6) is 11.5 Å². The standard InChI is InChI=1S/C29H27Cl2N3O5/c1-3-20-7-5-6-8-23(20)32-26(35)16-34-28(36)24(33-29(34)37)14-19-13-22(31)27(25(15-19)38-4-2)39-17-18-9-11-21(30)12-10-18/h5-15H,3-4,16-17H2,1-2H3,(H,32,35)(H,33,37)/b24-14+. The van der Waals surface area contributed by atoms with E-state index in [2.05, 4.69) is 10.6 Å². The number of urea groups is 1. The molecule has 0 atom stereocenters. The third-order valence-corrected chi connectivity index (χ3v) is 6.41. The van der Waals surface area contributed by atoms with E-state index >= 15 is 0 Å². The first-order valence-electron chi connectivity index (χ1n) is 12.3. The number of benzene rings is 3. The largest absolute Gasteiger partial charge is 0.490 e. The first-order valence-corrected chi connectivity index (χ1v) is 13.1. The van der Waals surface area contributed by atoms with Gasteiger partial charge in [0.15, 0.2) is 11.5 Å². The van der Waals surface area contributed by atoms with E-state index in [9.17, 15) is 14.4 Å². The van der Waals surface area contributed by atoms with Crippen LogP contribution >= 0.6 is 23.2 Å². The summed E-state index contributed by atoms with van der Waals surface area (Å²) in [4.78, 5) is 39.0. The molecule has 2 N–H and O–H groups in total. The van der Waals surface area contributed by atoms with Crippen molar-refractivity contribution in [3.63, 3.8) is 0 Å². The summed E-state index contributed by atoms with van der Waals surface area (Å²) < 4.78 is 11.7. The minimum absolute atomic E-state index is 0.00936. The molecule has 3 aromatic carbocycles. The van der Waals surface area contributed by atoms with Crippen molar-refractivity contribution >= 4 is 52.8 Å². The maximum Gasteiger partial charge on any atom is 0.329 e. The minimum Gasteiger partial charge on any atom is -0.490 e. The number of aryl methyl sites for hydroxylation is 1. The molecule has 1 fully saturated rings. The molecule has 0 spiro atoms. The first-order chi connectivity index (χ1) is 18.8. The van der Waals surface area contributed by atoms with Gasteiger partial charge in [-0.25, -0.2) is 9.69 Å².